The molecule has 1 fully saturated rings. The van der Waals surface area contributed by atoms with Gasteiger partial charge in [0.2, 0.25) is 0 Å². The fourth-order valence-corrected chi connectivity index (χ4v) is 2.47. The van der Waals surface area contributed by atoms with Crippen LogP contribution in [-0.2, 0) is 0 Å². The molecule has 0 saturated heterocycles. The quantitative estimate of drug-likeness (QED) is 0.864. The van der Waals surface area contributed by atoms with Gasteiger partial charge in [-0.05, 0) is 43.7 Å². The van der Waals surface area contributed by atoms with Crippen molar-refractivity contribution in [3.05, 3.63) is 23.9 Å². The fourth-order valence-electron chi connectivity index (χ4n) is 2.47. The predicted octanol–water partition coefficient (Wildman–Crippen LogP) is 3.33. The van der Waals surface area contributed by atoms with Gasteiger partial charge in [-0.15, -0.1) is 0 Å². The molecule has 1 heterocycles. The lowest BCUT2D eigenvalue weighted by Gasteiger charge is -2.28. The summed E-state index contributed by atoms with van der Waals surface area (Å²) in [6.07, 6.45) is 8.05. The number of hydrogen-bond donors (Lipinski definition) is 1. The summed E-state index contributed by atoms with van der Waals surface area (Å²) in [6, 6.07) is 6.34. The minimum atomic E-state index is 0.554. The number of pyridine rings is 1. The summed E-state index contributed by atoms with van der Waals surface area (Å²) in [6.45, 7) is 2.28. The zero-order chi connectivity index (χ0) is 12.1. The highest BCUT2D eigenvalue weighted by Crippen LogP contribution is 2.28. The molecule has 0 unspecified atom stereocenters. The van der Waals surface area contributed by atoms with Crippen LogP contribution >= 0.6 is 0 Å². The van der Waals surface area contributed by atoms with Gasteiger partial charge < -0.3 is 5.32 Å². The molecule has 1 aromatic rings. The number of nitriles is 1. The second-order valence-electron chi connectivity index (χ2n) is 4.81. The summed E-state index contributed by atoms with van der Waals surface area (Å²) in [5, 5.41) is 12.2. The van der Waals surface area contributed by atoms with Gasteiger partial charge in [-0.1, -0.05) is 13.3 Å². The van der Waals surface area contributed by atoms with Crippen molar-refractivity contribution in [1.82, 2.24) is 4.98 Å². The summed E-state index contributed by atoms with van der Waals surface area (Å²) in [4.78, 5) is 4.25. The average molecular weight is 229 g/mol. The normalized spacial score (nSPS) is 24.0. The third-order valence-electron chi connectivity index (χ3n) is 3.67. The predicted molar refractivity (Wildman–Crippen MR) is 68.6 cm³/mol. The van der Waals surface area contributed by atoms with Gasteiger partial charge in [0.15, 0.2) is 0 Å². The van der Waals surface area contributed by atoms with Crippen molar-refractivity contribution in [3.63, 3.8) is 0 Å². The Labute approximate surface area is 103 Å². The Morgan fingerprint density at radius 1 is 1.35 bits per heavy atom. The molecule has 1 aliphatic carbocycles. The van der Waals surface area contributed by atoms with Crippen molar-refractivity contribution < 1.29 is 0 Å². The molecule has 17 heavy (non-hydrogen) atoms. The van der Waals surface area contributed by atoms with Crippen LogP contribution in [0.2, 0.25) is 0 Å². The van der Waals surface area contributed by atoms with E-state index in [1.54, 1.807) is 6.20 Å². The minimum absolute atomic E-state index is 0.554. The van der Waals surface area contributed by atoms with Gasteiger partial charge in [0.25, 0.3) is 0 Å². The number of rotatable bonds is 3. The van der Waals surface area contributed by atoms with E-state index in [0.29, 0.717) is 11.6 Å². The van der Waals surface area contributed by atoms with Crippen molar-refractivity contribution in [2.75, 3.05) is 5.32 Å². The average Bonchev–Trinajstić information content (AvgIpc) is 2.40. The van der Waals surface area contributed by atoms with E-state index in [0.717, 1.165) is 11.7 Å². The molecule has 0 amide bonds. The maximum atomic E-state index is 8.70. The second kappa shape index (κ2) is 5.67. The SMILES string of the molecule is CCC1CCC(Nc2ccc(C#N)cn2)CC1. The number of anilines is 1. The van der Waals surface area contributed by atoms with E-state index in [9.17, 15) is 0 Å². The smallest absolute Gasteiger partial charge is 0.126 e. The summed E-state index contributed by atoms with van der Waals surface area (Å²) >= 11 is 0. The van der Waals surface area contributed by atoms with Crippen molar-refractivity contribution in [3.8, 4) is 6.07 Å². The topological polar surface area (TPSA) is 48.7 Å². The Balaban J connectivity index is 1.87. The minimum Gasteiger partial charge on any atom is -0.367 e. The van der Waals surface area contributed by atoms with E-state index in [-0.39, 0.29) is 0 Å². The summed E-state index contributed by atoms with van der Waals surface area (Å²) in [7, 11) is 0. The molecule has 2 rings (SSSR count). The van der Waals surface area contributed by atoms with Crippen molar-refractivity contribution in [2.45, 2.75) is 45.1 Å². The van der Waals surface area contributed by atoms with E-state index in [1.807, 2.05) is 12.1 Å². The molecule has 0 radical (unpaired) electrons. The molecular weight excluding hydrogens is 210 g/mol. The van der Waals surface area contributed by atoms with E-state index in [1.165, 1.54) is 32.1 Å². The van der Waals surface area contributed by atoms with Gasteiger partial charge in [-0.3, -0.25) is 0 Å². The molecule has 1 aromatic heterocycles. The molecule has 0 atom stereocenters. The maximum absolute atomic E-state index is 8.70. The molecule has 0 bridgehead atoms. The zero-order valence-corrected chi connectivity index (χ0v) is 10.3. The van der Waals surface area contributed by atoms with Crippen LogP contribution in [0.3, 0.4) is 0 Å². The maximum Gasteiger partial charge on any atom is 0.126 e. The standard InChI is InChI=1S/C14H19N3/c1-2-11-3-6-13(7-4-11)17-14-8-5-12(9-15)10-16-14/h5,8,10-11,13H,2-4,6-7H2,1H3,(H,16,17). The van der Waals surface area contributed by atoms with Gasteiger partial charge in [0.1, 0.15) is 11.9 Å². The Kier molecular flexibility index (Phi) is 3.98. The van der Waals surface area contributed by atoms with Gasteiger partial charge in [0.05, 0.1) is 5.56 Å². The van der Waals surface area contributed by atoms with Crippen LogP contribution in [0.4, 0.5) is 5.82 Å². The molecule has 1 saturated carbocycles. The highest BCUT2D eigenvalue weighted by molar-refractivity contribution is 5.39. The number of aromatic nitrogens is 1. The first-order valence-electron chi connectivity index (χ1n) is 6.44. The van der Waals surface area contributed by atoms with Gasteiger partial charge in [-0.25, -0.2) is 4.98 Å². The third kappa shape index (κ3) is 3.20. The molecule has 0 aromatic carbocycles. The molecule has 1 aliphatic rings. The largest absolute Gasteiger partial charge is 0.367 e. The Morgan fingerprint density at radius 3 is 2.65 bits per heavy atom. The van der Waals surface area contributed by atoms with Crippen LogP contribution < -0.4 is 5.32 Å². The molecule has 0 aliphatic heterocycles. The first-order valence-corrected chi connectivity index (χ1v) is 6.44. The monoisotopic (exact) mass is 229 g/mol. The third-order valence-corrected chi connectivity index (χ3v) is 3.67. The lowest BCUT2D eigenvalue weighted by Crippen LogP contribution is -2.26. The summed E-state index contributed by atoms with van der Waals surface area (Å²) < 4.78 is 0. The number of nitrogens with zero attached hydrogens (tertiary/aromatic N) is 2. The second-order valence-corrected chi connectivity index (χ2v) is 4.81. The van der Waals surface area contributed by atoms with E-state index >= 15 is 0 Å². The fraction of sp³-hybridized carbons (Fsp3) is 0.571. The summed E-state index contributed by atoms with van der Waals surface area (Å²) in [5.74, 6) is 1.81. The van der Waals surface area contributed by atoms with Crippen LogP contribution in [0, 0.1) is 17.2 Å². The lowest BCUT2D eigenvalue weighted by molar-refractivity contribution is 0.330. The van der Waals surface area contributed by atoms with Gasteiger partial charge >= 0.3 is 0 Å². The highest BCUT2D eigenvalue weighted by Gasteiger charge is 2.19. The first-order chi connectivity index (χ1) is 8.31. The van der Waals surface area contributed by atoms with E-state index < -0.39 is 0 Å². The van der Waals surface area contributed by atoms with Crippen LogP contribution in [0.5, 0.6) is 0 Å². The van der Waals surface area contributed by atoms with E-state index in [2.05, 4.69) is 23.3 Å². The van der Waals surface area contributed by atoms with Crippen molar-refractivity contribution >= 4 is 5.82 Å². The zero-order valence-electron chi connectivity index (χ0n) is 10.3. The molecular formula is C14H19N3. The summed E-state index contributed by atoms with van der Waals surface area (Å²) in [5.41, 5.74) is 0.616. The molecule has 3 heteroatoms. The first kappa shape index (κ1) is 11.9. The van der Waals surface area contributed by atoms with Gasteiger partial charge in [-0.2, -0.15) is 5.26 Å². The number of nitrogens with one attached hydrogen (secondary N) is 1. The van der Waals surface area contributed by atoms with Crippen molar-refractivity contribution in [2.24, 2.45) is 5.92 Å². The molecule has 90 valence electrons. The molecule has 1 N–H and O–H groups in total. The molecule has 3 nitrogen and oxygen atoms in total. The number of hydrogen-bond acceptors (Lipinski definition) is 3. The van der Waals surface area contributed by atoms with Crippen molar-refractivity contribution in [1.29, 1.82) is 5.26 Å². The van der Waals surface area contributed by atoms with E-state index in [4.69, 9.17) is 5.26 Å². The lowest BCUT2D eigenvalue weighted by atomic mass is 9.84. The van der Waals surface area contributed by atoms with Crippen LogP contribution in [0.15, 0.2) is 18.3 Å². The van der Waals surface area contributed by atoms with Crippen LogP contribution in [-0.4, -0.2) is 11.0 Å². The highest BCUT2D eigenvalue weighted by atomic mass is 15.0. The van der Waals surface area contributed by atoms with Gasteiger partial charge in [0, 0.05) is 12.2 Å². The van der Waals surface area contributed by atoms with Crippen LogP contribution in [0.1, 0.15) is 44.6 Å². The Bertz CT molecular complexity index is 383. The Hall–Kier alpha value is -1.56. The Morgan fingerprint density at radius 2 is 2.12 bits per heavy atom. The van der Waals surface area contributed by atoms with Crippen LogP contribution in [0.25, 0.3) is 0 Å². The molecule has 0 spiro atoms.